The van der Waals surface area contributed by atoms with Gasteiger partial charge in [0.15, 0.2) is 0 Å². The molecule has 4 heteroatoms. The van der Waals surface area contributed by atoms with E-state index >= 15 is 0 Å². The van der Waals surface area contributed by atoms with Crippen LogP contribution in [0.25, 0.3) is 0 Å². The van der Waals surface area contributed by atoms with Crippen molar-refractivity contribution < 1.29 is 5.11 Å². The van der Waals surface area contributed by atoms with Gasteiger partial charge in [0.2, 0.25) is 0 Å². The van der Waals surface area contributed by atoms with Crippen molar-refractivity contribution in [1.82, 2.24) is 15.5 Å². The molecule has 0 spiro atoms. The van der Waals surface area contributed by atoms with Gasteiger partial charge in [-0.05, 0) is 13.8 Å². The number of aliphatic hydroxyl groups is 1. The summed E-state index contributed by atoms with van der Waals surface area (Å²) in [5.74, 6) is 0. The smallest absolute Gasteiger partial charge is 0.103 e. The largest absolute Gasteiger partial charge is 0.384 e. The fourth-order valence-electron chi connectivity index (χ4n) is 1.73. The van der Waals surface area contributed by atoms with Crippen LogP contribution in [0.4, 0.5) is 0 Å². The first-order chi connectivity index (χ1) is 6.09. The van der Waals surface area contributed by atoms with E-state index in [4.69, 9.17) is 0 Å². The van der Waals surface area contributed by atoms with E-state index in [0.717, 1.165) is 36.5 Å². The third kappa shape index (κ3) is 1.47. The second-order valence-corrected chi connectivity index (χ2v) is 4.02. The van der Waals surface area contributed by atoms with Gasteiger partial charge in [0.25, 0.3) is 0 Å². The van der Waals surface area contributed by atoms with E-state index in [1.54, 1.807) is 13.8 Å². The third-order valence-corrected chi connectivity index (χ3v) is 2.39. The molecule has 0 saturated heterocycles. The van der Waals surface area contributed by atoms with Gasteiger partial charge < -0.3 is 10.4 Å². The summed E-state index contributed by atoms with van der Waals surface area (Å²) in [6, 6.07) is 0. The van der Waals surface area contributed by atoms with Gasteiger partial charge in [0, 0.05) is 30.8 Å². The Balaban J connectivity index is 2.43. The number of hydrogen-bond donors (Lipinski definition) is 3. The fourth-order valence-corrected chi connectivity index (χ4v) is 1.73. The topological polar surface area (TPSA) is 60.9 Å². The van der Waals surface area contributed by atoms with Gasteiger partial charge in [-0.3, -0.25) is 5.10 Å². The molecule has 1 aliphatic heterocycles. The monoisotopic (exact) mass is 181 g/mol. The molecule has 0 saturated carbocycles. The predicted molar refractivity (Wildman–Crippen MR) is 49.2 cm³/mol. The first-order valence-electron chi connectivity index (χ1n) is 4.59. The Hall–Kier alpha value is -0.870. The van der Waals surface area contributed by atoms with Crippen LogP contribution in [-0.2, 0) is 18.6 Å². The van der Waals surface area contributed by atoms with Crippen molar-refractivity contribution in [2.75, 3.05) is 6.54 Å². The summed E-state index contributed by atoms with van der Waals surface area (Å²) in [4.78, 5) is 0. The number of nitrogens with one attached hydrogen (secondary N) is 2. The molecule has 0 unspecified atom stereocenters. The average molecular weight is 181 g/mol. The molecule has 0 fully saturated rings. The van der Waals surface area contributed by atoms with Gasteiger partial charge in [-0.25, -0.2) is 0 Å². The van der Waals surface area contributed by atoms with Gasteiger partial charge in [-0.1, -0.05) is 0 Å². The molecule has 3 N–H and O–H groups in total. The van der Waals surface area contributed by atoms with E-state index in [0.29, 0.717) is 0 Å². The lowest BCUT2D eigenvalue weighted by atomic mass is 9.97. The lowest BCUT2D eigenvalue weighted by Gasteiger charge is -2.19. The highest BCUT2D eigenvalue weighted by Crippen LogP contribution is 2.25. The number of H-pyrrole nitrogens is 1. The van der Waals surface area contributed by atoms with Crippen molar-refractivity contribution in [3.05, 3.63) is 17.0 Å². The van der Waals surface area contributed by atoms with Gasteiger partial charge >= 0.3 is 0 Å². The van der Waals surface area contributed by atoms with E-state index in [9.17, 15) is 5.11 Å². The Morgan fingerprint density at radius 2 is 2.23 bits per heavy atom. The predicted octanol–water partition coefficient (Wildman–Crippen LogP) is 0.283. The van der Waals surface area contributed by atoms with Crippen LogP contribution in [0.5, 0.6) is 0 Å². The van der Waals surface area contributed by atoms with Crippen LogP contribution >= 0.6 is 0 Å². The fraction of sp³-hybridized carbons (Fsp3) is 0.667. The summed E-state index contributed by atoms with van der Waals surface area (Å²) in [5.41, 5.74) is 2.23. The van der Waals surface area contributed by atoms with Crippen molar-refractivity contribution in [3.8, 4) is 0 Å². The van der Waals surface area contributed by atoms with E-state index in [-0.39, 0.29) is 0 Å². The Morgan fingerprint density at radius 3 is 2.92 bits per heavy atom. The summed E-state index contributed by atoms with van der Waals surface area (Å²) in [6.07, 6.45) is 0.971. The molecule has 0 bridgehead atoms. The van der Waals surface area contributed by atoms with Crippen LogP contribution in [0.15, 0.2) is 0 Å². The van der Waals surface area contributed by atoms with Crippen LogP contribution in [0.1, 0.15) is 30.8 Å². The van der Waals surface area contributed by atoms with Crippen LogP contribution < -0.4 is 5.32 Å². The van der Waals surface area contributed by atoms with Gasteiger partial charge in [-0.15, -0.1) is 0 Å². The van der Waals surface area contributed by atoms with Crippen molar-refractivity contribution >= 4 is 0 Å². The Bertz CT molecular complexity index is 311. The molecule has 13 heavy (non-hydrogen) atoms. The van der Waals surface area contributed by atoms with Gasteiger partial charge in [0.05, 0.1) is 5.69 Å². The molecule has 1 aliphatic rings. The molecule has 0 radical (unpaired) electrons. The van der Waals surface area contributed by atoms with Crippen LogP contribution in [0.3, 0.4) is 0 Å². The molecule has 2 rings (SSSR count). The highest BCUT2D eigenvalue weighted by molar-refractivity contribution is 5.30. The van der Waals surface area contributed by atoms with E-state index in [2.05, 4.69) is 15.5 Å². The maximum Gasteiger partial charge on any atom is 0.103 e. The number of aromatic amines is 1. The SMILES string of the molecule is CC(C)(O)c1n[nH]c2c1CNCC2. The zero-order valence-electron chi connectivity index (χ0n) is 8.02. The quantitative estimate of drug-likeness (QED) is 0.583. The minimum Gasteiger partial charge on any atom is -0.384 e. The molecule has 1 aromatic heterocycles. The molecule has 2 heterocycles. The highest BCUT2D eigenvalue weighted by atomic mass is 16.3. The summed E-state index contributed by atoms with van der Waals surface area (Å²) in [6.45, 7) is 5.32. The molecular weight excluding hydrogens is 166 g/mol. The number of nitrogens with zero attached hydrogens (tertiary/aromatic N) is 1. The zero-order valence-corrected chi connectivity index (χ0v) is 8.02. The normalized spacial score (nSPS) is 17.2. The van der Waals surface area contributed by atoms with Crippen molar-refractivity contribution in [1.29, 1.82) is 0 Å². The van der Waals surface area contributed by atoms with Crippen LogP contribution in [-0.4, -0.2) is 21.8 Å². The Labute approximate surface area is 77.4 Å². The molecule has 1 aromatic rings. The standard InChI is InChI=1S/C9H15N3O/c1-9(2,13)8-6-5-10-4-3-7(6)11-12-8/h10,13H,3-5H2,1-2H3,(H,11,12). The molecule has 0 amide bonds. The Kier molecular flexibility index (Phi) is 1.89. The first kappa shape index (κ1) is 8.72. The number of aromatic nitrogens is 2. The minimum absolute atomic E-state index is 0.773. The van der Waals surface area contributed by atoms with Crippen LogP contribution in [0.2, 0.25) is 0 Å². The maximum absolute atomic E-state index is 9.82. The van der Waals surface area contributed by atoms with E-state index in [1.165, 1.54) is 0 Å². The number of rotatable bonds is 1. The summed E-state index contributed by atoms with van der Waals surface area (Å²) < 4.78 is 0. The summed E-state index contributed by atoms with van der Waals surface area (Å²) >= 11 is 0. The van der Waals surface area contributed by atoms with Gasteiger partial charge in [0.1, 0.15) is 5.60 Å². The van der Waals surface area contributed by atoms with Crippen LogP contribution in [0, 0.1) is 0 Å². The molecule has 0 aromatic carbocycles. The van der Waals surface area contributed by atoms with E-state index in [1.807, 2.05) is 0 Å². The number of hydrogen-bond acceptors (Lipinski definition) is 3. The first-order valence-corrected chi connectivity index (χ1v) is 4.59. The lowest BCUT2D eigenvalue weighted by molar-refractivity contribution is 0.0726. The van der Waals surface area contributed by atoms with Crippen molar-refractivity contribution in [2.24, 2.45) is 0 Å². The van der Waals surface area contributed by atoms with Crippen molar-refractivity contribution in [2.45, 2.75) is 32.4 Å². The maximum atomic E-state index is 9.82. The van der Waals surface area contributed by atoms with E-state index < -0.39 is 5.60 Å². The minimum atomic E-state index is -0.844. The van der Waals surface area contributed by atoms with Gasteiger partial charge in [-0.2, -0.15) is 5.10 Å². The number of fused-ring (bicyclic) bond motifs is 1. The zero-order chi connectivity index (χ0) is 9.47. The highest BCUT2D eigenvalue weighted by Gasteiger charge is 2.26. The molecule has 0 atom stereocenters. The summed E-state index contributed by atoms with van der Waals surface area (Å²) in [7, 11) is 0. The lowest BCUT2D eigenvalue weighted by Crippen LogP contribution is -2.26. The van der Waals surface area contributed by atoms with Crippen molar-refractivity contribution in [3.63, 3.8) is 0 Å². The molecule has 72 valence electrons. The summed E-state index contributed by atoms with van der Waals surface area (Å²) in [5, 5.41) is 20.2. The molecule has 4 nitrogen and oxygen atoms in total. The molecule has 0 aliphatic carbocycles. The second-order valence-electron chi connectivity index (χ2n) is 4.02. The third-order valence-electron chi connectivity index (χ3n) is 2.39. The Morgan fingerprint density at radius 1 is 1.46 bits per heavy atom. The average Bonchev–Trinajstić information content (AvgIpc) is 2.45. The second kappa shape index (κ2) is 2.82. The molecular formula is C9H15N3O.